The molecule has 3 heteroatoms. The third-order valence-corrected chi connectivity index (χ3v) is 4.70. The molecule has 2 fully saturated rings. The molecule has 0 bridgehead atoms. The van der Waals surface area contributed by atoms with E-state index in [1.165, 1.54) is 32.1 Å². The van der Waals surface area contributed by atoms with Crippen molar-refractivity contribution in [2.24, 2.45) is 11.8 Å². The van der Waals surface area contributed by atoms with E-state index < -0.39 is 0 Å². The quantitative estimate of drug-likeness (QED) is 0.727. The van der Waals surface area contributed by atoms with Crippen LogP contribution in [0.15, 0.2) is 0 Å². The van der Waals surface area contributed by atoms with Crippen LogP contribution in [0.5, 0.6) is 0 Å². The van der Waals surface area contributed by atoms with E-state index in [1.807, 2.05) is 0 Å². The van der Waals surface area contributed by atoms with Gasteiger partial charge in [-0.05, 0) is 38.5 Å². The van der Waals surface area contributed by atoms with Crippen LogP contribution in [-0.4, -0.2) is 37.2 Å². The normalized spacial score (nSPS) is 30.1. The second-order valence-electron chi connectivity index (χ2n) is 5.90. The van der Waals surface area contributed by atoms with Gasteiger partial charge in [0.15, 0.2) is 0 Å². The first-order valence-electron chi connectivity index (χ1n) is 7.42. The van der Waals surface area contributed by atoms with Gasteiger partial charge in [-0.2, -0.15) is 5.26 Å². The summed E-state index contributed by atoms with van der Waals surface area (Å²) in [6, 6.07) is 3.63. The van der Waals surface area contributed by atoms with E-state index >= 15 is 0 Å². The van der Waals surface area contributed by atoms with Gasteiger partial charge in [0.1, 0.15) is 0 Å². The molecule has 2 rings (SSSR count). The van der Waals surface area contributed by atoms with Gasteiger partial charge in [-0.15, -0.1) is 0 Å². The molecule has 102 valence electrons. The van der Waals surface area contributed by atoms with Gasteiger partial charge in [0.25, 0.3) is 0 Å². The predicted molar refractivity (Wildman–Crippen MR) is 72.1 cm³/mol. The van der Waals surface area contributed by atoms with Crippen molar-refractivity contribution < 1.29 is 4.74 Å². The van der Waals surface area contributed by atoms with Crippen molar-refractivity contribution in [2.45, 2.75) is 57.5 Å². The van der Waals surface area contributed by atoms with Crippen molar-refractivity contribution in [3.8, 4) is 6.07 Å². The minimum absolute atomic E-state index is 0.233. The second kappa shape index (κ2) is 6.54. The van der Waals surface area contributed by atoms with Crippen LogP contribution in [-0.2, 0) is 4.74 Å². The summed E-state index contributed by atoms with van der Waals surface area (Å²) in [5.74, 6) is 1.10. The molecular weight excluding hydrogens is 224 g/mol. The van der Waals surface area contributed by atoms with E-state index in [4.69, 9.17) is 4.74 Å². The Balaban J connectivity index is 2.02. The van der Waals surface area contributed by atoms with Gasteiger partial charge in [0, 0.05) is 25.7 Å². The second-order valence-corrected chi connectivity index (χ2v) is 5.90. The molecule has 3 unspecified atom stereocenters. The lowest BCUT2D eigenvalue weighted by Crippen LogP contribution is -2.49. The molecule has 2 aliphatic carbocycles. The monoisotopic (exact) mass is 250 g/mol. The first kappa shape index (κ1) is 13.8. The molecule has 2 aliphatic rings. The Bertz CT molecular complexity index is 295. The van der Waals surface area contributed by atoms with Gasteiger partial charge in [-0.1, -0.05) is 12.8 Å². The van der Waals surface area contributed by atoms with E-state index in [1.54, 1.807) is 7.11 Å². The number of rotatable bonds is 6. The van der Waals surface area contributed by atoms with Crippen molar-refractivity contribution in [1.29, 1.82) is 5.26 Å². The molecule has 3 nitrogen and oxygen atoms in total. The zero-order valence-electron chi connectivity index (χ0n) is 11.8. The molecule has 0 heterocycles. The third kappa shape index (κ3) is 3.24. The minimum Gasteiger partial charge on any atom is -0.383 e. The standard InChI is InChI=1S/C15H26N2O/c1-12(13-7-8-13)17(9-10-18-2)15-6-4-3-5-14(15)11-16/h12-15H,3-10H2,1-2H3. The van der Waals surface area contributed by atoms with Gasteiger partial charge in [0.2, 0.25) is 0 Å². The Labute approximate surface area is 111 Å². The SMILES string of the molecule is COCCN(C(C)C1CC1)C1CCCCC1C#N. The molecule has 0 aromatic heterocycles. The first-order valence-corrected chi connectivity index (χ1v) is 7.42. The third-order valence-electron chi connectivity index (χ3n) is 4.70. The Morgan fingerprint density at radius 1 is 1.28 bits per heavy atom. The summed E-state index contributed by atoms with van der Waals surface area (Å²) >= 11 is 0. The van der Waals surface area contributed by atoms with Crippen LogP contribution in [0.4, 0.5) is 0 Å². The van der Waals surface area contributed by atoms with E-state index in [2.05, 4.69) is 17.9 Å². The molecule has 18 heavy (non-hydrogen) atoms. The summed E-state index contributed by atoms with van der Waals surface area (Å²) in [5, 5.41) is 9.36. The van der Waals surface area contributed by atoms with E-state index in [-0.39, 0.29) is 5.92 Å². The van der Waals surface area contributed by atoms with Crippen molar-refractivity contribution in [3.63, 3.8) is 0 Å². The van der Waals surface area contributed by atoms with Crippen LogP contribution >= 0.6 is 0 Å². The number of methoxy groups -OCH3 is 1. The molecule has 3 atom stereocenters. The van der Waals surface area contributed by atoms with Gasteiger partial charge >= 0.3 is 0 Å². The van der Waals surface area contributed by atoms with E-state index in [0.29, 0.717) is 12.1 Å². The molecule has 0 radical (unpaired) electrons. The molecule has 0 aliphatic heterocycles. The van der Waals surface area contributed by atoms with Crippen molar-refractivity contribution in [2.75, 3.05) is 20.3 Å². The number of hydrogen-bond acceptors (Lipinski definition) is 3. The van der Waals surface area contributed by atoms with Crippen molar-refractivity contribution in [3.05, 3.63) is 0 Å². The van der Waals surface area contributed by atoms with Crippen molar-refractivity contribution >= 4 is 0 Å². The molecule has 0 N–H and O–H groups in total. The molecular formula is C15H26N2O. The van der Waals surface area contributed by atoms with Crippen molar-refractivity contribution in [1.82, 2.24) is 4.90 Å². The van der Waals surface area contributed by atoms with Crippen LogP contribution in [0.3, 0.4) is 0 Å². The Kier molecular flexibility index (Phi) is 5.03. The number of nitriles is 1. The molecule has 0 aromatic rings. The Hall–Kier alpha value is -0.590. The number of hydrogen-bond donors (Lipinski definition) is 0. The highest BCUT2D eigenvalue weighted by atomic mass is 16.5. The van der Waals surface area contributed by atoms with E-state index in [0.717, 1.165) is 25.5 Å². The highest BCUT2D eigenvalue weighted by Crippen LogP contribution is 2.38. The average molecular weight is 250 g/mol. The lowest BCUT2D eigenvalue weighted by atomic mass is 9.83. The highest BCUT2D eigenvalue weighted by molar-refractivity contribution is 4.98. The average Bonchev–Trinajstić information content (AvgIpc) is 3.23. The lowest BCUT2D eigenvalue weighted by molar-refractivity contribution is 0.0491. The summed E-state index contributed by atoms with van der Waals surface area (Å²) in [6.07, 6.45) is 7.53. The van der Waals surface area contributed by atoms with Crippen LogP contribution in [0, 0.1) is 23.2 Å². The number of ether oxygens (including phenoxy) is 1. The molecule has 0 aromatic carbocycles. The van der Waals surface area contributed by atoms with Crippen LogP contribution in [0.1, 0.15) is 45.4 Å². The fourth-order valence-electron chi connectivity index (χ4n) is 3.38. The predicted octanol–water partition coefficient (Wildman–Crippen LogP) is 2.82. The zero-order chi connectivity index (χ0) is 13.0. The maximum absolute atomic E-state index is 9.36. The molecule has 0 amide bonds. The summed E-state index contributed by atoms with van der Waals surface area (Å²) in [4.78, 5) is 2.58. The summed E-state index contributed by atoms with van der Waals surface area (Å²) in [6.45, 7) is 4.11. The fourth-order valence-corrected chi connectivity index (χ4v) is 3.38. The molecule has 2 saturated carbocycles. The lowest BCUT2D eigenvalue weighted by Gasteiger charge is -2.41. The Morgan fingerprint density at radius 2 is 2.00 bits per heavy atom. The largest absolute Gasteiger partial charge is 0.383 e. The highest BCUT2D eigenvalue weighted by Gasteiger charge is 2.38. The van der Waals surface area contributed by atoms with Crippen LogP contribution < -0.4 is 0 Å². The fraction of sp³-hybridized carbons (Fsp3) is 0.933. The minimum atomic E-state index is 0.233. The van der Waals surface area contributed by atoms with Gasteiger partial charge < -0.3 is 4.74 Å². The zero-order valence-corrected chi connectivity index (χ0v) is 11.8. The van der Waals surface area contributed by atoms with E-state index in [9.17, 15) is 5.26 Å². The van der Waals surface area contributed by atoms with Gasteiger partial charge in [0.05, 0.1) is 18.6 Å². The molecule has 0 spiro atoms. The number of nitrogens with zero attached hydrogens (tertiary/aromatic N) is 2. The maximum Gasteiger partial charge on any atom is 0.0672 e. The topological polar surface area (TPSA) is 36.3 Å². The van der Waals surface area contributed by atoms with Gasteiger partial charge in [-0.3, -0.25) is 4.90 Å². The first-order chi connectivity index (χ1) is 8.77. The summed E-state index contributed by atoms with van der Waals surface area (Å²) in [5.41, 5.74) is 0. The molecule has 0 saturated heterocycles. The summed E-state index contributed by atoms with van der Waals surface area (Å²) in [7, 11) is 1.77. The summed E-state index contributed by atoms with van der Waals surface area (Å²) < 4.78 is 5.26. The maximum atomic E-state index is 9.36. The van der Waals surface area contributed by atoms with Crippen LogP contribution in [0.2, 0.25) is 0 Å². The Morgan fingerprint density at radius 3 is 2.61 bits per heavy atom. The van der Waals surface area contributed by atoms with Gasteiger partial charge in [-0.25, -0.2) is 0 Å². The van der Waals surface area contributed by atoms with Crippen LogP contribution in [0.25, 0.3) is 0 Å². The smallest absolute Gasteiger partial charge is 0.0672 e.